The summed E-state index contributed by atoms with van der Waals surface area (Å²) in [5, 5.41) is 0.437. The van der Waals surface area contributed by atoms with E-state index in [0.29, 0.717) is 27.8 Å². The Labute approximate surface area is 144 Å². The van der Waals surface area contributed by atoms with Crippen LogP contribution in [0.3, 0.4) is 0 Å². The van der Waals surface area contributed by atoms with E-state index in [1.54, 1.807) is 13.8 Å². The van der Waals surface area contributed by atoms with Gasteiger partial charge in [0.05, 0.1) is 12.3 Å². The number of nitrogens with zero attached hydrogens (tertiary/aromatic N) is 2. The molecule has 24 heavy (non-hydrogen) atoms. The van der Waals surface area contributed by atoms with Crippen LogP contribution in [0.2, 0.25) is 0 Å². The first-order valence-electron chi connectivity index (χ1n) is 7.69. The van der Waals surface area contributed by atoms with Crippen LogP contribution in [0.1, 0.15) is 46.0 Å². The number of ether oxygens (including phenoxy) is 1. The van der Waals surface area contributed by atoms with E-state index in [0.717, 1.165) is 17.8 Å². The van der Waals surface area contributed by atoms with Gasteiger partial charge in [-0.2, -0.15) is 0 Å². The molecule has 0 N–H and O–H groups in total. The Hall–Kier alpha value is -2.28. The van der Waals surface area contributed by atoms with E-state index < -0.39 is 11.8 Å². The van der Waals surface area contributed by atoms with Crippen LogP contribution < -0.4 is 4.90 Å². The predicted molar refractivity (Wildman–Crippen MR) is 91.2 cm³/mol. The molecule has 0 aliphatic rings. The molecule has 2 aromatic rings. The number of hydrogen-bond donors (Lipinski definition) is 0. The largest absolute Gasteiger partial charge is 0.462 e. The molecule has 0 fully saturated rings. The molecule has 0 spiro atoms. The van der Waals surface area contributed by atoms with Crippen molar-refractivity contribution in [2.75, 3.05) is 18.1 Å². The van der Waals surface area contributed by atoms with Gasteiger partial charge < -0.3 is 4.74 Å². The van der Waals surface area contributed by atoms with Crippen molar-refractivity contribution in [1.82, 2.24) is 4.98 Å². The first-order chi connectivity index (χ1) is 11.5. The van der Waals surface area contributed by atoms with Crippen molar-refractivity contribution < 1.29 is 18.7 Å². The fourth-order valence-electron chi connectivity index (χ4n) is 2.14. The average molecular weight is 350 g/mol. The lowest BCUT2D eigenvalue weighted by Crippen LogP contribution is -2.31. The predicted octanol–water partition coefficient (Wildman–Crippen LogP) is 3.82. The number of aromatic nitrogens is 1. The van der Waals surface area contributed by atoms with Crippen molar-refractivity contribution in [2.45, 2.75) is 27.2 Å². The van der Waals surface area contributed by atoms with Crippen LogP contribution in [0.5, 0.6) is 0 Å². The molecular formula is C17H19FN2O3S. The van der Waals surface area contributed by atoms with Crippen LogP contribution in [-0.4, -0.2) is 30.0 Å². The van der Waals surface area contributed by atoms with E-state index >= 15 is 0 Å². The number of amides is 1. The Balaban J connectivity index is 2.33. The third-order valence-corrected chi connectivity index (χ3v) is 4.42. The molecule has 1 amide bonds. The van der Waals surface area contributed by atoms with Crippen molar-refractivity contribution in [1.29, 1.82) is 0 Å². The first kappa shape index (κ1) is 18.1. The SMILES string of the molecule is CCCN(C(=O)c1ccc(F)cc1)c1nc(C)c(C(=O)OCC)s1. The van der Waals surface area contributed by atoms with Crippen molar-refractivity contribution >= 4 is 28.3 Å². The normalized spacial score (nSPS) is 10.5. The van der Waals surface area contributed by atoms with Gasteiger partial charge in [0.15, 0.2) is 5.13 Å². The van der Waals surface area contributed by atoms with Gasteiger partial charge >= 0.3 is 5.97 Å². The summed E-state index contributed by atoms with van der Waals surface area (Å²) in [5.41, 5.74) is 0.900. The molecule has 2 rings (SSSR count). The van der Waals surface area contributed by atoms with E-state index in [1.807, 2.05) is 6.92 Å². The molecular weight excluding hydrogens is 331 g/mol. The molecule has 1 aromatic heterocycles. The molecule has 0 bridgehead atoms. The van der Waals surface area contributed by atoms with E-state index in [2.05, 4.69) is 4.98 Å². The molecule has 0 atom stereocenters. The molecule has 1 heterocycles. The molecule has 1 aromatic carbocycles. The van der Waals surface area contributed by atoms with Crippen molar-refractivity contribution in [3.8, 4) is 0 Å². The Morgan fingerprint density at radius 1 is 1.25 bits per heavy atom. The Morgan fingerprint density at radius 2 is 1.92 bits per heavy atom. The Kier molecular flexibility index (Phi) is 6.03. The number of anilines is 1. The summed E-state index contributed by atoms with van der Waals surface area (Å²) in [7, 11) is 0. The van der Waals surface area contributed by atoms with Crippen molar-refractivity contribution in [3.63, 3.8) is 0 Å². The summed E-state index contributed by atoms with van der Waals surface area (Å²) >= 11 is 1.13. The van der Waals surface area contributed by atoms with Gasteiger partial charge in [0.2, 0.25) is 0 Å². The van der Waals surface area contributed by atoms with E-state index in [1.165, 1.54) is 29.2 Å². The summed E-state index contributed by atoms with van der Waals surface area (Å²) in [6.07, 6.45) is 0.723. The number of carbonyl (C=O) groups excluding carboxylic acids is 2. The monoisotopic (exact) mass is 350 g/mol. The van der Waals surface area contributed by atoms with Crippen LogP contribution in [-0.2, 0) is 4.74 Å². The third-order valence-electron chi connectivity index (χ3n) is 3.26. The average Bonchev–Trinajstić information content (AvgIpc) is 2.94. The number of halogens is 1. The quantitative estimate of drug-likeness (QED) is 0.743. The highest BCUT2D eigenvalue weighted by atomic mass is 32.1. The zero-order valence-electron chi connectivity index (χ0n) is 13.8. The highest BCUT2D eigenvalue weighted by Gasteiger charge is 2.24. The molecule has 7 heteroatoms. The fourth-order valence-corrected chi connectivity index (χ4v) is 3.12. The summed E-state index contributed by atoms with van der Waals surface area (Å²) in [6, 6.07) is 5.36. The first-order valence-corrected chi connectivity index (χ1v) is 8.51. The minimum Gasteiger partial charge on any atom is -0.462 e. The van der Waals surface area contributed by atoms with E-state index in [-0.39, 0.29) is 12.5 Å². The fraction of sp³-hybridized carbons (Fsp3) is 0.353. The van der Waals surface area contributed by atoms with E-state index in [4.69, 9.17) is 4.74 Å². The minimum absolute atomic E-state index is 0.276. The second-order valence-corrected chi connectivity index (χ2v) is 6.07. The van der Waals surface area contributed by atoms with Crippen LogP contribution in [0.15, 0.2) is 24.3 Å². The molecule has 0 aliphatic heterocycles. The second-order valence-electron chi connectivity index (χ2n) is 5.10. The molecule has 0 radical (unpaired) electrons. The summed E-state index contributed by atoms with van der Waals surface area (Å²) in [4.78, 5) is 30.9. The molecule has 0 unspecified atom stereocenters. The standard InChI is InChI=1S/C17H19FN2O3S/c1-4-10-20(15(21)12-6-8-13(18)9-7-12)17-19-11(3)14(24-17)16(22)23-5-2/h6-9H,4-5,10H2,1-3H3. The van der Waals surface area contributed by atoms with Gasteiger partial charge in [-0.3, -0.25) is 9.69 Å². The second kappa shape index (κ2) is 8.01. The number of benzene rings is 1. The van der Waals surface area contributed by atoms with Crippen LogP contribution >= 0.6 is 11.3 Å². The molecule has 0 aliphatic carbocycles. The Bertz CT molecular complexity index is 728. The van der Waals surface area contributed by atoms with Gasteiger partial charge in [0, 0.05) is 12.1 Å². The van der Waals surface area contributed by atoms with Gasteiger partial charge in [-0.05, 0) is 44.5 Å². The lowest BCUT2D eigenvalue weighted by atomic mass is 10.2. The molecule has 0 saturated heterocycles. The number of carbonyl (C=O) groups is 2. The zero-order valence-corrected chi connectivity index (χ0v) is 14.7. The molecule has 0 saturated carbocycles. The zero-order chi connectivity index (χ0) is 17.7. The molecule has 128 valence electrons. The third kappa shape index (κ3) is 3.97. The maximum atomic E-state index is 13.1. The van der Waals surface area contributed by atoms with Crippen LogP contribution in [0, 0.1) is 12.7 Å². The summed E-state index contributed by atoms with van der Waals surface area (Å²) in [5.74, 6) is -1.12. The van der Waals surface area contributed by atoms with Gasteiger partial charge in [-0.15, -0.1) is 0 Å². The van der Waals surface area contributed by atoms with Gasteiger partial charge in [0.1, 0.15) is 10.7 Å². The maximum absolute atomic E-state index is 13.1. The number of aryl methyl sites for hydroxylation is 1. The summed E-state index contributed by atoms with van der Waals surface area (Å²) in [6.45, 7) is 6.11. The van der Waals surface area contributed by atoms with E-state index in [9.17, 15) is 14.0 Å². The smallest absolute Gasteiger partial charge is 0.350 e. The lowest BCUT2D eigenvalue weighted by Gasteiger charge is -2.19. The van der Waals surface area contributed by atoms with Gasteiger partial charge in [-0.1, -0.05) is 18.3 Å². The van der Waals surface area contributed by atoms with Crippen molar-refractivity contribution in [3.05, 3.63) is 46.2 Å². The number of rotatable bonds is 6. The van der Waals surface area contributed by atoms with Crippen LogP contribution in [0.25, 0.3) is 0 Å². The highest BCUT2D eigenvalue weighted by Crippen LogP contribution is 2.28. The Morgan fingerprint density at radius 3 is 2.50 bits per heavy atom. The minimum atomic E-state index is -0.440. The lowest BCUT2D eigenvalue weighted by molar-refractivity contribution is 0.0531. The van der Waals surface area contributed by atoms with Gasteiger partial charge in [-0.25, -0.2) is 14.2 Å². The van der Waals surface area contributed by atoms with Crippen molar-refractivity contribution in [2.24, 2.45) is 0 Å². The van der Waals surface area contributed by atoms with Crippen LogP contribution in [0.4, 0.5) is 9.52 Å². The topological polar surface area (TPSA) is 59.5 Å². The number of hydrogen-bond acceptors (Lipinski definition) is 5. The molecule has 5 nitrogen and oxygen atoms in total. The maximum Gasteiger partial charge on any atom is 0.350 e. The highest BCUT2D eigenvalue weighted by molar-refractivity contribution is 7.17. The van der Waals surface area contributed by atoms with Gasteiger partial charge in [0.25, 0.3) is 5.91 Å². The number of thiazole rings is 1. The summed E-state index contributed by atoms with van der Waals surface area (Å²) < 4.78 is 18.1. The number of esters is 1.